The third-order valence-electron chi connectivity index (χ3n) is 2.08. The Balaban J connectivity index is 2.61. The van der Waals surface area contributed by atoms with E-state index in [0.717, 1.165) is 0 Å². The van der Waals surface area contributed by atoms with E-state index in [4.69, 9.17) is 5.73 Å². The first-order valence-corrected chi connectivity index (χ1v) is 4.46. The van der Waals surface area contributed by atoms with Crippen molar-refractivity contribution in [3.63, 3.8) is 0 Å². The maximum atomic E-state index is 12.1. The van der Waals surface area contributed by atoms with Crippen molar-refractivity contribution >= 4 is 0 Å². The Morgan fingerprint density at radius 1 is 1.20 bits per heavy atom. The van der Waals surface area contributed by atoms with Gasteiger partial charge in [0.2, 0.25) is 0 Å². The predicted octanol–water partition coefficient (Wildman–Crippen LogP) is 2.00. The molecule has 0 aromatic heterocycles. The normalized spacial score (nSPS) is 16.1. The lowest BCUT2D eigenvalue weighted by molar-refractivity contribution is -0.153. The Hall–Kier alpha value is -1.07. The largest absolute Gasteiger partial charge is 0.403 e. The van der Waals surface area contributed by atoms with E-state index in [-0.39, 0.29) is 0 Å². The highest BCUT2D eigenvalue weighted by Gasteiger charge is 2.37. The van der Waals surface area contributed by atoms with Crippen molar-refractivity contribution in [3.05, 3.63) is 35.9 Å². The summed E-state index contributed by atoms with van der Waals surface area (Å²) in [7, 11) is 0. The number of nitrogens with two attached hydrogens (primary N) is 1. The van der Waals surface area contributed by atoms with Gasteiger partial charge < -0.3 is 10.8 Å². The average molecular weight is 219 g/mol. The van der Waals surface area contributed by atoms with E-state index < -0.39 is 24.7 Å². The number of aliphatic hydroxyl groups excluding tert-OH is 1. The molecule has 0 saturated carbocycles. The van der Waals surface area contributed by atoms with Crippen molar-refractivity contribution in [1.82, 2.24) is 0 Å². The fourth-order valence-electron chi connectivity index (χ4n) is 1.19. The minimum absolute atomic E-state index is 0.442. The van der Waals surface area contributed by atoms with E-state index in [9.17, 15) is 18.3 Å². The SMILES string of the molecule is N[C@H](CC(O)c1ccccc1)C(F)(F)F. The molecule has 0 aliphatic rings. The molecule has 0 fully saturated rings. The molecule has 3 N–H and O–H groups in total. The molecule has 0 aliphatic carbocycles. The summed E-state index contributed by atoms with van der Waals surface area (Å²) in [6.07, 6.45) is -6.16. The third-order valence-corrected chi connectivity index (χ3v) is 2.08. The standard InChI is InChI=1S/C10H12F3NO/c11-10(12,13)9(14)6-8(15)7-4-2-1-3-5-7/h1-5,8-9,15H,6,14H2/t8?,9-/m1/s1. The Morgan fingerprint density at radius 3 is 2.20 bits per heavy atom. The lowest BCUT2D eigenvalue weighted by Crippen LogP contribution is -2.38. The van der Waals surface area contributed by atoms with Crippen LogP contribution in [0.3, 0.4) is 0 Å². The molecule has 2 atom stereocenters. The number of alkyl halides is 3. The first-order valence-electron chi connectivity index (χ1n) is 4.46. The molecular weight excluding hydrogens is 207 g/mol. The van der Waals surface area contributed by atoms with Gasteiger partial charge in [-0.15, -0.1) is 0 Å². The average Bonchev–Trinajstić information content (AvgIpc) is 2.17. The van der Waals surface area contributed by atoms with Crippen LogP contribution in [0.5, 0.6) is 0 Å². The second-order valence-corrected chi connectivity index (χ2v) is 3.31. The first kappa shape index (κ1) is 12.0. The number of hydrogen-bond donors (Lipinski definition) is 2. The first-order chi connectivity index (χ1) is 6.91. The van der Waals surface area contributed by atoms with E-state index >= 15 is 0 Å². The van der Waals surface area contributed by atoms with Crippen molar-refractivity contribution in [2.45, 2.75) is 24.7 Å². The van der Waals surface area contributed by atoms with Crippen LogP contribution in [0.4, 0.5) is 13.2 Å². The molecular formula is C10H12F3NO. The molecule has 0 bridgehead atoms. The van der Waals surface area contributed by atoms with Crippen molar-refractivity contribution in [2.24, 2.45) is 5.73 Å². The molecule has 0 aliphatic heterocycles. The summed E-state index contributed by atoms with van der Waals surface area (Å²) in [6.45, 7) is 0. The summed E-state index contributed by atoms with van der Waals surface area (Å²) >= 11 is 0. The van der Waals surface area contributed by atoms with Gasteiger partial charge in [-0.1, -0.05) is 30.3 Å². The fraction of sp³-hybridized carbons (Fsp3) is 0.400. The van der Waals surface area contributed by atoms with Gasteiger partial charge in [-0.05, 0) is 5.56 Å². The number of halogens is 3. The summed E-state index contributed by atoms with van der Waals surface area (Å²) in [5.74, 6) is 0. The number of benzene rings is 1. The van der Waals surface area contributed by atoms with Crippen molar-refractivity contribution in [2.75, 3.05) is 0 Å². The van der Waals surface area contributed by atoms with Crippen LogP contribution in [0.15, 0.2) is 30.3 Å². The topological polar surface area (TPSA) is 46.2 Å². The number of hydrogen-bond acceptors (Lipinski definition) is 2. The minimum Gasteiger partial charge on any atom is -0.388 e. The van der Waals surface area contributed by atoms with E-state index in [1.165, 1.54) is 0 Å². The van der Waals surface area contributed by atoms with Gasteiger partial charge in [-0.25, -0.2) is 0 Å². The highest BCUT2D eigenvalue weighted by molar-refractivity contribution is 5.17. The van der Waals surface area contributed by atoms with Crippen LogP contribution in [0.25, 0.3) is 0 Å². The highest BCUT2D eigenvalue weighted by atomic mass is 19.4. The molecule has 84 valence electrons. The minimum atomic E-state index is -4.46. The molecule has 5 heteroatoms. The second kappa shape index (κ2) is 4.63. The lowest BCUT2D eigenvalue weighted by atomic mass is 10.0. The van der Waals surface area contributed by atoms with Crippen molar-refractivity contribution in [3.8, 4) is 0 Å². The molecule has 0 saturated heterocycles. The maximum absolute atomic E-state index is 12.1. The predicted molar refractivity (Wildman–Crippen MR) is 50.0 cm³/mol. The summed E-state index contributed by atoms with van der Waals surface area (Å²) in [4.78, 5) is 0. The molecule has 2 nitrogen and oxygen atoms in total. The summed E-state index contributed by atoms with van der Waals surface area (Å²) < 4.78 is 36.3. The van der Waals surface area contributed by atoms with Crippen LogP contribution < -0.4 is 5.73 Å². The van der Waals surface area contributed by atoms with Gasteiger partial charge in [0.1, 0.15) is 6.04 Å². The molecule has 0 amide bonds. The smallest absolute Gasteiger partial charge is 0.388 e. The Bertz CT molecular complexity index is 299. The van der Waals surface area contributed by atoms with E-state index in [2.05, 4.69) is 0 Å². The van der Waals surface area contributed by atoms with Gasteiger partial charge >= 0.3 is 6.18 Å². The second-order valence-electron chi connectivity index (χ2n) is 3.31. The fourth-order valence-corrected chi connectivity index (χ4v) is 1.19. The van der Waals surface area contributed by atoms with Gasteiger partial charge in [-0.3, -0.25) is 0 Å². The molecule has 15 heavy (non-hydrogen) atoms. The summed E-state index contributed by atoms with van der Waals surface area (Å²) in [5.41, 5.74) is 5.35. The van der Waals surface area contributed by atoms with Gasteiger partial charge in [0, 0.05) is 6.42 Å². The van der Waals surface area contributed by atoms with Crippen LogP contribution in [0.2, 0.25) is 0 Å². The van der Waals surface area contributed by atoms with E-state index in [1.807, 2.05) is 0 Å². The Labute approximate surface area is 85.5 Å². The molecule has 1 aromatic rings. The molecule has 1 aromatic carbocycles. The van der Waals surface area contributed by atoms with Crippen LogP contribution >= 0.6 is 0 Å². The quantitative estimate of drug-likeness (QED) is 0.816. The molecule has 0 radical (unpaired) electrons. The van der Waals surface area contributed by atoms with Crippen molar-refractivity contribution in [1.29, 1.82) is 0 Å². The van der Waals surface area contributed by atoms with Gasteiger partial charge in [0.25, 0.3) is 0 Å². The number of rotatable bonds is 3. The Morgan fingerprint density at radius 2 is 1.73 bits per heavy atom. The van der Waals surface area contributed by atoms with Gasteiger partial charge in [0.05, 0.1) is 6.10 Å². The van der Waals surface area contributed by atoms with Crippen LogP contribution in [-0.4, -0.2) is 17.3 Å². The zero-order chi connectivity index (χ0) is 11.5. The molecule has 1 rings (SSSR count). The number of aliphatic hydroxyl groups is 1. The zero-order valence-electron chi connectivity index (χ0n) is 7.91. The Kier molecular flexibility index (Phi) is 3.71. The van der Waals surface area contributed by atoms with E-state index in [0.29, 0.717) is 5.56 Å². The van der Waals surface area contributed by atoms with E-state index in [1.54, 1.807) is 30.3 Å². The van der Waals surface area contributed by atoms with Gasteiger partial charge in [0.15, 0.2) is 0 Å². The zero-order valence-corrected chi connectivity index (χ0v) is 7.91. The molecule has 0 heterocycles. The monoisotopic (exact) mass is 219 g/mol. The summed E-state index contributed by atoms with van der Waals surface area (Å²) in [5, 5.41) is 9.47. The molecule has 0 spiro atoms. The molecule has 1 unspecified atom stereocenters. The highest BCUT2D eigenvalue weighted by Crippen LogP contribution is 2.26. The van der Waals surface area contributed by atoms with Crippen LogP contribution in [0, 0.1) is 0 Å². The summed E-state index contributed by atoms with van der Waals surface area (Å²) in [6, 6.07) is 6.16. The maximum Gasteiger partial charge on any atom is 0.403 e. The van der Waals surface area contributed by atoms with Crippen molar-refractivity contribution < 1.29 is 18.3 Å². The third kappa shape index (κ3) is 3.53. The van der Waals surface area contributed by atoms with Gasteiger partial charge in [-0.2, -0.15) is 13.2 Å². The lowest BCUT2D eigenvalue weighted by Gasteiger charge is -2.19. The van der Waals surface area contributed by atoms with Crippen LogP contribution in [-0.2, 0) is 0 Å². The van der Waals surface area contributed by atoms with Crippen LogP contribution in [0.1, 0.15) is 18.1 Å².